The molecule has 3 aromatic carbocycles. The number of esters is 1. The molecule has 0 aromatic heterocycles. The van der Waals surface area contributed by atoms with Crippen LogP contribution >= 0.6 is 11.8 Å². The summed E-state index contributed by atoms with van der Waals surface area (Å²) in [4.78, 5) is 33.4. The second kappa shape index (κ2) is 12.9. The van der Waals surface area contributed by atoms with E-state index in [2.05, 4.69) is 5.32 Å². The molecule has 2 aliphatic rings. The summed E-state index contributed by atoms with van der Waals surface area (Å²) < 4.78 is 30.1. The smallest absolute Gasteiger partial charge is 0.338 e. The first kappa shape index (κ1) is 28.9. The number of allylic oxidation sites excluding steroid dienone is 1. The lowest BCUT2D eigenvalue weighted by Gasteiger charge is -2.36. The molecule has 5 rings (SSSR count). The van der Waals surface area contributed by atoms with Crippen LogP contribution in [0.4, 0.5) is 4.39 Å². The van der Waals surface area contributed by atoms with Gasteiger partial charge in [0.25, 0.3) is 0 Å². The van der Waals surface area contributed by atoms with Gasteiger partial charge < -0.3 is 24.4 Å². The van der Waals surface area contributed by atoms with Crippen molar-refractivity contribution in [3.05, 3.63) is 118 Å². The number of amides is 1. The van der Waals surface area contributed by atoms with Gasteiger partial charge in [-0.3, -0.25) is 4.79 Å². The van der Waals surface area contributed by atoms with Gasteiger partial charge in [0.05, 0.1) is 38.0 Å². The van der Waals surface area contributed by atoms with E-state index in [4.69, 9.17) is 19.2 Å². The lowest BCUT2D eigenvalue weighted by atomic mass is 9.93. The molecule has 42 heavy (non-hydrogen) atoms. The molecular weight excluding hydrogens is 557 g/mol. The molecule has 2 aliphatic heterocycles. The standard InChI is InChI=1S/C32H30FN3O5S/c1-20-29(31(38)41-18-22-7-5-4-6-8-22)30(23-13-26(39-2)16-27(14-23)40-3)36-25(19-42-32(36)35-20)15-28(37)34-17-21-9-11-24(33)12-10-21/h4-14,16,19,30H,15,17-18H2,1-3H3,(H,34,37)/t30-/m1/s1. The number of fused-ring (bicyclic) bond motifs is 1. The van der Waals surface area contributed by atoms with Crippen molar-refractivity contribution in [1.29, 1.82) is 0 Å². The maximum Gasteiger partial charge on any atom is 0.338 e. The molecule has 10 heteroatoms. The van der Waals surface area contributed by atoms with E-state index >= 15 is 0 Å². The molecule has 8 nitrogen and oxygen atoms in total. The Balaban J connectivity index is 1.44. The Kier molecular flexibility index (Phi) is 8.92. The van der Waals surface area contributed by atoms with Gasteiger partial charge in [0.2, 0.25) is 5.91 Å². The zero-order valence-corrected chi connectivity index (χ0v) is 24.2. The van der Waals surface area contributed by atoms with Gasteiger partial charge in [-0.1, -0.05) is 54.2 Å². The summed E-state index contributed by atoms with van der Waals surface area (Å²) in [5, 5.41) is 5.40. The molecule has 1 N–H and O–H groups in total. The molecule has 0 saturated carbocycles. The van der Waals surface area contributed by atoms with Gasteiger partial charge in [0, 0.05) is 18.3 Å². The van der Waals surface area contributed by atoms with Crippen LogP contribution in [0.1, 0.15) is 36.1 Å². The lowest BCUT2D eigenvalue weighted by molar-refractivity contribution is -0.141. The van der Waals surface area contributed by atoms with Gasteiger partial charge in [-0.25, -0.2) is 14.2 Å². The summed E-state index contributed by atoms with van der Waals surface area (Å²) in [6, 6.07) is 20.2. The topological polar surface area (TPSA) is 89.5 Å². The first-order valence-corrected chi connectivity index (χ1v) is 14.1. The Morgan fingerprint density at radius 3 is 2.33 bits per heavy atom. The largest absolute Gasteiger partial charge is 0.497 e. The summed E-state index contributed by atoms with van der Waals surface area (Å²) in [6.45, 7) is 2.14. The molecule has 216 valence electrons. The minimum Gasteiger partial charge on any atom is -0.497 e. The number of nitrogens with zero attached hydrogens (tertiary/aromatic N) is 2. The summed E-state index contributed by atoms with van der Waals surface area (Å²) >= 11 is 1.38. The van der Waals surface area contributed by atoms with Gasteiger partial charge in [-0.05, 0) is 53.3 Å². The third kappa shape index (κ3) is 6.49. The van der Waals surface area contributed by atoms with Crippen LogP contribution in [-0.4, -0.2) is 36.2 Å². The third-order valence-electron chi connectivity index (χ3n) is 6.87. The van der Waals surface area contributed by atoms with E-state index < -0.39 is 12.0 Å². The summed E-state index contributed by atoms with van der Waals surface area (Å²) in [7, 11) is 3.12. The van der Waals surface area contributed by atoms with Crippen LogP contribution in [0.15, 0.2) is 100 Å². The van der Waals surface area contributed by atoms with E-state index in [1.807, 2.05) is 52.8 Å². The quantitative estimate of drug-likeness (QED) is 0.297. The van der Waals surface area contributed by atoms with Crippen LogP contribution < -0.4 is 14.8 Å². The molecule has 0 spiro atoms. The summed E-state index contributed by atoms with van der Waals surface area (Å²) in [6.07, 6.45) is 0.0379. The molecule has 1 atom stereocenters. The second-order valence-corrected chi connectivity index (χ2v) is 10.5. The van der Waals surface area contributed by atoms with Crippen molar-refractivity contribution in [2.75, 3.05) is 14.2 Å². The zero-order valence-electron chi connectivity index (χ0n) is 23.4. The number of ether oxygens (including phenoxy) is 3. The van der Waals surface area contributed by atoms with Gasteiger partial charge in [0.1, 0.15) is 23.9 Å². The summed E-state index contributed by atoms with van der Waals surface area (Å²) in [5.74, 6) is 0.0311. The van der Waals surface area contributed by atoms with Crippen molar-refractivity contribution in [2.45, 2.75) is 32.5 Å². The van der Waals surface area contributed by atoms with Crippen LogP contribution in [-0.2, 0) is 27.5 Å². The Bertz CT molecular complexity index is 1550. The fourth-order valence-electron chi connectivity index (χ4n) is 4.76. The monoisotopic (exact) mass is 587 g/mol. The SMILES string of the molecule is COc1cc(OC)cc([C@@H]2C(C(=O)OCc3ccccc3)=C(C)N=C3SC=C(CC(=O)NCc4ccc(F)cc4)N32)c1. The number of carbonyl (C=O) groups is 2. The van der Waals surface area contributed by atoms with Gasteiger partial charge in [-0.15, -0.1) is 0 Å². The highest BCUT2D eigenvalue weighted by molar-refractivity contribution is 8.16. The van der Waals surface area contributed by atoms with Crippen LogP contribution in [0.25, 0.3) is 0 Å². The van der Waals surface area contributed by atoms with E-state index in [-0.39, 0.29) is 31.3 Å². The van der Waals surface area contributed by atoms with Crippen molar-refractivity contribution < 1.29 is 28.2 Å². The van der Waals surface area contributed by atoms with Crippen molar-refractivity contribution in [2.24, 2.45) is 4.99 Å². The number of amidine groups is 1. The minimum absolute atomic E-state index is 0.0379. The van der Waals surface area contributed by atoms with Crippen molar-refractivity contribution in [1.82, 2.24) is 10.2 Å². The van der Waals surface area contributed by atoms with E-state index in [1.165, 1.54) is 23.9 Å². The molecule has 0 fully saturated rings. The Hall–Kier alpha value is -4.57. The van der Waals surface area contributed by atoms with Gasteiger partial charge >= 0.3 is 5.97 Å². The maximum absolute atomic E-state index is 13.7. The predicted octanol–water partition coefficient (Wildman–Crippen LogP) is 5.87. The number of methoxy groups -OCH3 is 2. The highest BCUT2D eigenvalue weighted by Gasteiger charge is 2.41. The average molecular weight is 588 g/mol. The zero-order chi connectivity index (χ0) is 29.6. The first-order chi connectivity index (χ1) is 20.4. The lowest BCUT2D eigenvalue weighted by Crippen LogP contribution is -2.38. The fourth-order valence-corrected chi connectivity index (χ4v) is 5.73. The Morgan fingerprint density at radius 2 is 1.67 bits per heavy atom. The van der Waals surface area contributed by atoms with Crippen molar-refractivity contribution >= 4 is 28.8 Å². The molecule has 0 unspecified atom stereocenters. The number of thioether (sulfide) groups is 1. The number of hydrogen-bond acceptors (Lipinski definition) is 8. The van der Waals surface area contributed by atoms with Gasteiger partial charge in [-0.2, -0.15) is 0 Å². The van der Waals surface area contributed by atoms with Gasteiger partial charge in [0.15, 0.2) is 5.17 Å². The number of hydrogen-bond donors (Lipinski definition) is 1. The highest BCUT2D eigenvalue weighted by atomic mass is 32.2. The third-order valence-corrected chi connectivity index (χ3v) is 7.76. The summed E-state index contributed by atoms with van der Waals surface area (Å²) in [5.41, 5.74) is 3.90. The van der Waals surface area contributed by atoms with Crippen LogP contribution in [0.3, 0.4) is 0 Å². The highest BCUT2D eigenvalue weighted by Crippen LogP contribution is 2.46. The maximum atomic E-state index is 13.7. The van der Waals surface area contributed by atoms with Crippen LogP contribution in [0.2, 0.25) is 0 Å². The number of rotatable bonds is 10. The Labute approximate surface area is 247 Å². The van der Waals surface area contributed by atoms with E-state index in [0.29, 0.717) is 39.2 Å². The van der Waals surface area contributed by atoms with E-state index in [9.17, 15) is 14.0 Å². The number of nitrogens with one attached hydrogen (secondary N) is 1. The van der Waals surface area contributed by atoms with Crippen LogP contribution in [0.5, 0.6) is 11.5 Å². The predicted molar refractivity (Wildman–Crippen MR) is 159 cm³/mol. The number of carbonyl (C=O) groups excluding carboxylic acids is 2. The molecule has 3 aromatic rings. The Morgan fingerprint density at radius 1 is 0.976 bits per heavy atom. The van der Waals surface area contributed by atoms with Crippen molar-refractivity contribution in [3.8, 4) is 11.5 Å². The van der Waals surface area contributed by atoms with Crippen molar-refractivity contribution in [3.63, 3.8) is 0 Å². The number of benzene rings is 3. The molecule has 0 aliphatic carbocycles. The number of halogens is 1. The first-order valence-electron chi connectivity index (χ1n) is 13.3. The van der Waals surface area contributed by atoms with E-state index in [0.717, 1.165) is 11.1 Å². The minimum atomic E-state index is -0.657. The normalized spacial score (nSPS) is 15.9. The molecule has 2 heterocycles. The van der Waals surface area contributed by atoms with E-state index in [1.54, 1.807) is 39.3 Å². The second-order valence-electron chi connectivity index (χ2n) is 9.68. The average Bonchev–Trinajstić information content (AvgIpc) is 3.40. The fraction of sp³-hybridized carbons (Fsp3) is 0.219. The van der Waals surface area contributed by atoms with Crippen LogP contribution in [0, 0.1) is 5.82 Å². The number of aliphatic imine (C=N–C) groups is 1. The molecule has 0 radical (unpaired) electrons. The molecule has 0 saturated heterocycles. The molecule has 0 bridgehead atoms. The molecular formula is C32H30FN3O5S. The molecule has 1 amide bonds.